The van der Waals surface area contributed by atoms with Gasteiger partial charge < -0.3 is 19.7 Å². The fourth-order valence-electron chi connectivity index (χ4n) is 4.14. The number of aromatic hydroxyl groups is 1. The van der Waals surface area contributed by atoms with E-state index >= 15 is 0 Å². The first-order chi connectivity index (χ1) is 15.3. The highest BCUT2D eigenvalue weighted by molar-refractivity contribution is 6.06. The summed E-state index contributed by atoms with van der Waals surface area (Å²) in [5.41, 5.74) is 1.74. The standard InChI is InChI=1S/C24H22N4O4/c1-14-9-16(18-5-3-4-6-20(18)25-14)12-32-17-8-7-15-11-28(21(29)19(15)10-17)13-24(2)22(30)26-23(31)27-24/h3-11,29H,12-13H2,1-2H3,(H2,26,27,30,31). The molecule has 8 nitrogen and oxygen atoms in total. The Hall–Kier alpha value is -4.07. The van der Waals surface area contributed by atoms with E-state index in [9.17, 15) is 14.7 Å². The van der Waals surface area contributed by atoms with E-state index in [1.165, 1.54) is 0 Å². The molecule has 0 spiro atoms. The minimum absolute atomic E-state index is 0.00540. The first kappa shape index (κ1) is 19.9. The van der Waals surface area contributed by atoms with Crippen LogP contribution in [0.4, 0.5) is 4.79 Å². The average molecular weight is 430 g/mol. The van der Waals surface area contributed by atoms with Crippen LogP contribution in [0.15, 0.2) is 54.7 Å². The fourth-order valence-corrected chi connectivity index (χ4v) is 4.14. The number of pyridine rings is 1. The zero-order valence-corrected chi connectivity index (χ0v) is 17.7. The molecule has 4 aromatic rings. The molecule has 1 fully saturated rings. The second-order valence-electron chi connectivity index (χ2n) is 8.30. The van der Waals surface area contributed by atoms with E-state index in [1.54, 1.807) is 23.8 Å². The van der Waals surface area contributed by atoms with E-state index in [2.05, 4.69) is 15.6 Å². The van der Waals surface area contributed by atoms with Crippen molar-refractivity contribution in [2.24, 2.45) is 0 Å². The molecule has 0 aliphatic carbocycles. The zero-order valence-electron chi connectivity index (χ0n) is 17.7. The third-order valence-corrected chi connectivity index (χ3v) is 5.76. The van der Waals surface area contributed by atoms with Crippen LogP contribution in [0.2, 0.25) is 0 Å². The monoisotopic (exact) mass is 430 g/mol. The smallest absolute Gasteiger partial charge is 0.322 e. The number of ether oxygens (including phenoxy) is 1. The molecule has 1 unspecified atom stereocenters. The average Bonchev–Trinajstić information content (AvgIpc) is 3.20. The van der Waals surface area contributed by atoms with Crippen molar-refractivity contribution in [1.29, 1.82) is 0 Å². The summed E-state index contributed by atoms with van der Waals surface area (Å²) in [4.78, 5) is 28.2. The number of amides is 3. The Morgan fingerprint density at radius 1 is 1.12 bits per heavy atom. The largest absolute Gasteiger partial charge is 0.494 e. The van der Waals surface area contributed by atoms with Crippen LogP contribution in [0, 0.1) is 6.92 Å². The van der Waals surface area contributed by atoms with Crippen LogP contribution in [0.3, 0.4) is 0 Å². The SMILES string of the molecule is Cc1cc(COc2ccc3cn(CC4(C)NC(=O)NC4=O)c(O)c3c2)c2ccccc2n1. The molecule has 3 amide bonds. The third-order valence-electron chi connectivity index (χ3n) is 5.76. The van der Waals surface area contributed by atoms with Crippen molar-refractivity contribution >= 4 is 33.6 Å². The van der Waals surface area contributed by atoms with Crippen molar-refractivity contribution in [2.45, 2.75) is 32.5 Å². The number of urea groups is 1. The molecular formula is C24H22N4O4. The maximum absolute atomic E-state index is 12.1. The van der Waals surface area contributed by atoms with Gasteiger partial charge in [-0.2, -0.15) is 0 Å². The highest BCUT2D eigenvalue weighted by Crippen LogP contribution is 2.32. The normalized spacial score (nSPS) is 18.2. The van der Waals surface area contributed by atoms with Crippen LogP contribution < -0.4 is 15.4 Å². The second-order valence-corrected chi connectivity index (χ2v) is 8.30. The zero-order chi connectivity index (χ0) is 22.5. The number of hydrogen-bond donors (Lipinski definition) is 3. The van der Waals surface area contributed by atoms with E-state index in [-0.39, 0.29) is 12.4 Å². The number of aryl methyl sites for hydroxylation is 1. The van der Waals surface area contributed by atoms with Gasteiger partial charge in [0, 0.05) is 33.6 Å². The lowest BCUT2D eigenvalue weighted by Gasteiger charge is -2.21. The van der Waals surface area contributed by atoms with Gasteiger partial charge in [0.15, 0.2) is 5.88 Å². The van der Waals surface area contributed by atoms with E-state index in [0.717, 1.165) is 27.5 Å². The lowest BCUT2D eigenvalue weighted by atomic mass is 10.0. The van der Waals surface area contributed by atoms with Gasteiger partial charge in [-0.25, -0.2) is 4.79 Å². The topological polar surface area (TPSA) is 105 Å². The molecule has 5 rings (SSSR count). The van der Waals surface area contributed by atoms with E-state index in [0.29, 0.717) is 17.7 Å². The minimum Gasteiger partial charge on any atom is -0.494 e. The number of benzene rings is 2. The molecule has 162 valence electrons. The third kappa shape index (κ3) is 3.39. The summed E-state index contributed by atoms with van der Waals surface area (Å²) in [5, 5.41) is 18.0. The van der Waals surface area contributed by atoms with Crippen LogP contribution in [0.5, 0.6) is 11.6 Å². The van der Waals surface area contributed by atoms with Crippen LogP contribution in [0.25, 0.3) is 21.7 Å². The van der Waals surface area contributed by atoms with Gasteiger partial charge in [0.2, 0.25) is 0 Å². The summed E-state index contributed by atoms with van der Waals surface area (Å²) in [6, 6.07) is 14.9. The fraction of sp³-hybridized carbons (Fsp3) is 0.208. The molecular weight excluding hydrogens is 408 g/mol. The van der Waals surface area contributed by atoms with Crippen molar-refractivity contribution in [2.75, 3.05) is 0 Å². The van der Waals surface area contributed by atoms with Gasteiger partial charge in [0.1, 0.15) is 17.9 Å². The predicted octanol–water partition coefficient (Wildman–Crippen LogP) is 3.38. The van der Waals surface area contributed by atoms with Crippen LogP contribution in [-0.2, 0) is 17.9 Å². The van der Waals surface area contributed by atoms with Crippen molar-refractivity contribution in [3.05, 3.63) is 66.0 Å². The number of aromatic nitrogens is 2. The first-order valence-electron chi connectivity index (χ1n) is 10.3. The summed E-state index contributed by atoms with van der Waals surface area (Å²) in [6.07, 6.45) is 1.75. The van der Waals surface area contributed by atoms with Gasteiger partial charge in [0.05, 0.1) is 12.1 Å². The molecule has 1 saturated heterocycles. The van der Waals surface area contributed by atoms with Crippen LogP contribution in [0.1, 0.15) is 18.2 Å². The molecule has 3 N–H and O–H groups in total. The molecule has 1 aliphatic heterocycles. The molecule has 2 aromatic carbocycles. The Kier molecular flexibility index (Phi) is 4.51. The molecule has 3 heterocycles. The molecule has 32 heavy (non-hydrogen) atoms. The number of rotatable bonds is 5. The summed E-state index contributed by atoms with van der Waals surface area (Å²) in [5.74, 6) is 0.191. The molecule has 0 saturated carbocycles. The van der Waals surface area contributed by atoms with Gasteiger partial charge in [0.25, 0.3) is 5.91 Å². The summed E-state index contributed by atoms with van der Waals surface area (Å²) in [7, 11) is 0. The van der Waals surface area contributed by atoms with E-state index in [4.69, 9.17) is 4.74 Å². The highest BCUT2D eigenvalue weighted by Gasteiger charge is 2.42. The van der Waals surface area contributed by atoms with Crippen molar-refractivity contribution in [3.8, 4) is 11.6 Å². The van der Waals surface area contributed by atoms with Crippen molar-refractivity contribution in [3.63, 3.8) is 0 Å². The molecule has 8 heteroatoms. The highest BCUT2D eigenvalue weighted by atomic mass is 16.5. The number of nitrogens with one attached hydrogen (secondary N) is 2. The van der Waals surface area contributed by atoms with Gasteiger partial charge >= 0.3 is 6.03 Å². The molecule has 0 radical (unpaired) electrons. The van der Waals surface area contributed by atoms with Gasteiger partial charge in [-0.05, 0) is 44.2 Å². The van der Waals surface area contributed by atoms with E-state index < -0.39 is 17.5 Å². The van der Waals surface area contributed by atoms with Crippen molar-refractivity contribution in [1.82, 2.24) is 20.2 Å². The quantitative estimate of drug-likeness (QED) is 0.421. The summed E-state index contributed by atoms with van der Waals surface area (Å²) < 4.78 is 7.60. The van der Waals surface area contributed by atoms with Crippen molar-refractivity contribution < 1.29 is 19.4 Å². The number of imide groups is 1. The minimum atomic E-state index is -1.14. The summed E-state index contributed by atoms with van der Waals surface area (Å²) in [6.45, 7) is 4.04. The molecule has 1 atom stereocenters. The van der Waals surface area contributed by atoms with Crippen LogP contribution in [-0.4, -0.2) is 32.1 Å². The number of fused-ring (bicyclic) bond motifs is 2. The summed E-state index contributed by atoms with van der Waals surface area (Å²) >= 11 is 0. The maximum atomic E-state index is 12.1. The molecule has 2 aromatic heterocycles. The Labute approximate surface area is 183 Å². The Morgan fingerprint density at radius 3 is 2.72 bits per heavy atom. The number of carbonyl (C=O) groups excluding carboxylic acids is 2. The molecule has 0 bridgehead atoms. The number of nitrogens with zero attached hydrogens (tertiary/aromatic N) is 2. The van der Waals surface area contributed by atoms with Crippen LogP contribution >= 0.6 is 0 Å². The lowest BCUT2D eigenvalue weighted by molar-refractivity contribution is -0.123. The first-order valence-corrected chi connectivity index (χ1v) is 10.3. The Bertz CT molecular complexity index is 1390. The number of hydrogen-bond acceptors (Lipinski definition) is 5. The van der Waals surface area contributed by atoms with Gasteiger partial charge in [-0.1, -0.05) is 18.2 Å². The van der Waals surface area contributed by atoms with E-state index in [1.807, 2.05) is 49.4 Å². The van der Waals surface area contributed by atoms with Gasteiger partial charge in [-0.3, -0.25) is 15.1 Å². The Morgan fingerprint density at radius 2 is 1.94 bits per heavy atom. The van der Waals surface area contributed by atoms with Gasteiger partial charge in [-0.15, -0.1) is 0 Å². The predicted molar refractivity (Wildman–Crippen MR) is 119 cm³/mol. The maximum Gasteiger partial charge on any atom is 0.322 e. The number of carbonyl (C=O) groups is 2. The lowest BCUT2D eigenvalue weighted by Crippen LogP contribution is -2.47. The second kappa shape index (κ2) is 7.26. The Balaban J connectivity index is 1.41. The number of para-hydroxylation sites is 1. The molecule has 1 aliphatic rings.